The Labute approximate surface area is 200 Å². The number of ether oxygens (including phenoxy) is 2. The SMILES string of the molecule is CCCCCCCCN1CCc2c([nH]c3ccc(Br)cc23)C1c1ccc(OC)c(OC)c1. The third kappa shape index (κ3) is 4.84. The summed E-state index contributed by atoms with van der Waals surface area (Å²) in [6.07, 6.45) is 8.98. The van der Waals surface area contributed by atoms with E-state index in [-0.39, 0.29) is 6.04 Å². The van der Waals surface area contributed by atoms with Crippen LogP contribution < -0.4 is 9.47 Å². The number of nitrogens with one attached hydrogen (secondary N) is 1. The van der Waals surface area contributed by atoms with Gasteiger partial charge >= 0.3 is 0 Å². The van der Waals surface area contributed by atoms with Gasteiger partial charge in [-0.25, -0.2) is 0 Å². The second-order valence-corrected chi connectivity index (χ2v) is 9.69. The Morgan fingerprint density at radius 1 is 0.969 bits per heavy atom. The van der Waals surface area contributed by atoms with Crippen LogP contribution in [-0.2, 0) is 6.42 Å². The molecule has 1 unspecified atom stereocenters. The van der Waals surface area contributed by atoms with Gasteiger partial charge in [0.25, 0.3) is 0 Å². The molecule has 1 aromatic heterocycles. The van der Waals surface area contributed by atoms with E-state index in [4.69, 9.17) is 9.47 Å². The highest BCUT2D eigenvalue weighted by Gasteiger charge is 2.32. The molecule has 2 heterocycles. The van der Waals surface area contributed by atoms with Gasteiger partial charge in [-0.15, -0.1) is 0 Å². The molecule has 0 spiro atoms. The number of methoxy groups -OCH3 is 2. The minimum absolute atomic E-state index is 0.195. The van der Waals surface area contributed by atoms with Crippen molar-refractivity contribution in [3.63, 3.8) is 0 Å². The van der Waals surface area contributed by atoms with Crippen LogP contribution in [0.2, 0.25) is 0 Å². The molecule has 4 rings (SSSR count). The first-order chi connectivity index (χ1) is 15.7. The van der Waals surface area contributed by atoms with Crippen LogP contribution in [0.5, 0.6) is 11.5 Å². The number of hydrogen-bond donors (Lipinski definition) is 1. The standard InChI is InChI=1S/C27H35BrN2O2/c1-4-5-6-7-8-9-15-30-16-14-21-22-18-20(28)11-12-23(22)29-26(21)27(30)19-10-13-24(31-2)25(17-19)32-3/h10-13,17-18,27,29H,4-9,14-16H2,1-3H3. The molecule has 1 aliphatic rings. The molecule has 0 saturated carbocycles. The molecule has 0 amide bonds. The molecule has 0 aliphatic carbocycles. The fourth-order valence-electron chi connectivity index (χ4n) is 5.05. The van der Waals surface area contributed by atoms with Gasteiger partial charge in [0, 0.05) is 27.6 Å². The number of fused-ring (bicyclic) bond motifs is 3. The Kier molecular flexibility index (Phi) is 7.80. The fourth-order valence-corrected chi connectivity index (χ4v) is 5.41. The largest absolute Gasteiger partial charge is 0.493 e. The monoisotopic (exact) mass is 498 g/mol. The quantitative estimate of drug-likeness (QED) is 0.299. The number of hydrogen-bond acceptors (Lipinski definition) is 3. The normalized spacial score (nSPS) is 16.3. The Bertz CT molecular complexity index is 1050. The zero-order valence-corrected chi connectivity index (χ0v) is 21.1. The lowest BCUT2D eigenvalue weighted by Crippen LogP contribution is -2.36. The van der Waals surface area contributed by atoms with Crippen molar-refractivity contribution in [3.05, 3.63) is 57.7 Å². The highest BCUT2D eigenvalue weighted by atomic mass is 79.9. The van der Waals surface area contributed by atoms with Crippen molar-refractivity contribution in [2.75, 3.05) is 27.3 Å². The first-order valence-corrected chi connectivity index (χ1v) is 12.7. The topological polar surface area (TPSA) is 37.5 Å². The summed E-state index contributed by atoms with van der Waals surface area (Å²) in [5.41, 5.74) is 5.23. The van der Waals surface area contributed by atoms with Crippen molar-refractivity contribution >= 4 is 26.8 Å². The lowest BCUT2D eigenvalue weighted by Gasteiger charge is -2.36. The summed E-state index contributed by atoms with van der Waals surface area (Å²) in [7, 11) is 3.40. The lowest BCUT2D eigenvalue weighted by atomic mass is 9.91. The molecule has 0 radical (unpaired) electrons. The highest BCUT2D eigenvalue weighted by molar-refractivity contribution is 9.10. The van der Waals surface area contributed by atoms with E-state index < -0.39 is 0 Å². The van der Waals surface area contributed by atoms with Gasteiger partial charge in [0.2, 0.25) is 0 Å². The van der Waals surface area contributed by atoms with Gasteiger partial charge in [-0.05, 0) is 60.8 Å². The third-order valence-electron chi connectivity index (χ3n) is 6.71. The van der Waals surface area contributed by atoms with Crippen LogP contribution in [0, 0.1) is 0 Å². The maximum atomic E-state index is 5.64. The number of benzene rings is 2. The number of H-pyrrole nitrogens is 1. The molecule has 1 atom stereocenters. The molecule has 2 aromatic carbocycles. The number of rotatable bonds is 10. The Balaban J connectivity index is 1.66. The van der Waals surface area contributed by atoms with Crippen molar-refractivity contribution in [3.8, 4) is 11.5 Å². The molecule has 3 aromatic rings. The number of nitrogens with zero attached hydrogens (tertiary/aromatic N) is 1. The number of halogens is 1. The van der Waals surface area contributed by atoms with Gasteiger partial charge in [-0.3, -0.25) is 4.90 Å². The first kappa shape index (κ1) is 23.2. The average Bonchev–Trinajstić information content (AvgIpc) is 3.18. The number of aromatic nitrogens is 1. The van der Waals surface area contributed by atoms with Gasteiger partial charge in [0.05, 0.1) is 20.3 Å². The van der Waals surface area contributed by atoms with Crippen molar-refractivity contribution in [1.82, 2.24) is 9.88 Å². The second-order valence-electron chi connectivity index (χ2n) is 8.78. The smallest absolute Gasteiger partial charge is 0.161 e. The molecule has 1 N–H and O–H groups in total. The Hall–Kier alpha value is -1.98. The summed E-state index contributed by atoms with van der Waals surface area (Å²) in [5.74, 6) is 1.56. The van der Waals surface area contributed by atoms with E-state index in [2.05, 4.69) is 63.1 Å². The molecule has 0 saturated heterocycles. The van der Waals surface area contributed by atoms with Crippen LogP contribution in [-0.4, -0.2) is 37.2 Å². The van der Waals surface area contributed by atoms with Crippen LogP contribution in [0.4, 0.5) is 0 Å². The third-order valence-corrected chi connectivity index (χ3v) is 7.20. The van der Waals surface area contributed by atoms with Crippen molar-refractivity contribution in [2.45, 2.75) is 57.9 Å². The van der Waals surface area contributed by atoms with Gasteiger partial charge in [0.15, 0.2) is 11.5 Å². The van der Waals surface area contributed by atoms with E-state index in [1.807, 2.05) is 6.07 Å². The van der Waals surface area contributed by atoms with Crippen LogP contribution in [0.25, 0.3) is 10.9 Å². The van der Waals surface area contributed by atoms with Gasteiger partial charge in [-0.2, -0.15) is 0 Å². The molecule has 0 fully saturated rings. The van der Waals surface area contributed by atoms with E-state index in [9.17, 15) is 0 Å². The van der Waals surface area contributed by atoms with Crippen molar-refractivity contribution < 1.29 is 9.47 Å². The van der Waals surface area contributed by atoms with E-state index in [1.54, 1.807) is 14.2 Å². The molecule has 4 nitrogen and oxygen atoms in total. The molecule has 0 bridgehead atoms. The number of unbranched alkanes of at least 4 members (excludes halogenated alkanes) is 5. The lowest BCUT2D eigenvalue weighted by molar-refractivity contribution is 0.205. The van der Waals surface area contributed by atoms with E-state index >= 15 is 0 Å². The van der Waals surface area contributed by atoms with E-state index in [1.165, 1.54) is 66.2 Å². The summed E-state index contributed by atoms with van der Waals surface area (Å²) in [5, 5.41) is 1.33. The predicted molar refractivity (Wildman–Crippen MR) is 136 cm³/mol. The fraction of sp³-hybridized carbons (Fsp3) is 0.481. The van der Waals surface area contributed by atoms with Crippen LogP contribution in [0.15, 0.2) is 40.9 Å². The number of aromatic amines is 1. The molecular weight excluding hydrogens is 464 g/mol. The van der Waals surface area contributed by atoms with Crippen molar-refractivity contribution in [2.24, 2.45) is 0 Å². The van der Waals surface area contributed by atoms with Gasteiger partial charge < -0.3 is 14.5 Å². The summed E-state index contributed by atoms with van der Waals surface area (Å²) in [6, 6.07) is 13.1. The van der Waals surface area contributed by atoms with E-state index in [0.717, 1.165) is 35.5 Å². The van der Waals surface area contributed by atoms with Gasteiger partial charge in [0.1, 0.15) is 0 Å². The zero-order chi connectivity index (χ0) is 22.5. The second kappa shape index (κ2) is 10.8. The van der Waals surface area contributed by atoms with Crippen LogP contribution in [0.1, 0.15) is 68.3 Å². The summed E-state index contributed by atoms with van der Waals surface area (Å²) < 4.78 is 12.3. The summed E-state index contributed by atoms with van der Waals surface area (Å²) in [4.78, 5) is 6.42. The molecule has 32 heavy (non-hydrogen) atoms. The zero-order valence-electron chi connectivity index (χ0n) is 19.5. The molecule has 1 aliphatic heterocycles. The minimum Gasteiger partial charge on any atom is -0.493 e. The maximum absolute atomic E-state index is 5.64. The maximum Gasteiger partial charge on any atom is 0.161 e. The molecule has 5 heteroatoms. The Morgan fingerprint density at radius 3 is 2.53 bits per heavy atom. The predicted octanol–water partition coefficient (Wildman–Crippen LogP) is 7.26. The molecular formula is C27H35BrN2O2. The minimum atomic E-state index is 0.195. The molecule has 172 valence electrons. The van der Waals surface area contributed by atoms with Crippen molar-refractivity contribution in [1.29, 1.82) is 0 Å². The summed E-state index contributed by atoms with van der Waals surface area (Å²) >= 11 is 3.66. The Morgan fingerprint density at radius 2 is 1.75 bits per heavy atom. The van der Waals surface area contributed by atoms with Crippen LogP contribution >= 0.6 is 15.9 Å². The summed E-state index contributed by atoms with van der Waals surface area (Å²) in [6.45, 7) is 4.46. The average molecular weight is 499 g/mol. The highest BCUT2D eigenvalue weighted by Crippen LogP contribution is 2.41. The van der Waals surface area contributed by atoms with E-state index in [0.29, 0.717) is 0 Å². The first-order valence-electron chi connectivity index (χ1n) is 11.9. The van der Waals surface area contributed by atoms with Gasteiger partial charge in [-0.1, -0.05) is 61.0 Å². The van der Waals surface area contributed by atoms with Crippen LogP contribution in [0.3, 0.4) is 0 Å².